The number of benzene rings is 1. The lowest BCUT2D eigenvalue weighted by atomic mass is 10.1. The maximum absolute atomic E-state index is 12.3. The van der Waals surface area contributed by atoms with E-state index in [9.17, 15) is 9.59 Å². The highest BCUT2D eigenvalue weighted by atomic mass is 16.5. The molecule has 0 fully saturated rings. The van der Waals surface area contributed by atoms with E-state index in [1.807, 2.05) is 37.3 Å². The Morgan fingerprint density at radius 1 is 1.20 bits per heavy atom. The minimum atomic E-state index is -0.499. The lowest BCUT2D eigenvalue weighted by Crippen LogP contribution is -2.30. The fourth-order valence-corrected chi connectivity index (χ4v) is 2.80. The summed E-state index contributed by atoms with van der Waals surface area (Å²) >= 11 is 0. The SMILES string of the molecule is COC(=O)c1cc2oc(C)cc2n1CC(=O)NCCc1ccccc1. The quantitative estimate of drug-likeness (QED) is 0.700. The summed E-state index contributed by atoms with van der Waals surface area (Å²) < 4.78 is 12.0. The molecular weight excluding hydrogens is 320 g/mol. The summed E-state index contributed by atoms with van der Waals surface area (Å²) in [5.74, 6) is 0.0539. The Hall–Kier alpha value is -3.02. The van der Waals surface area contributed by atoms with Crippen LogP contribution < -0.4 is 5.32 Å². The second kappa shape index (κ2) is 7.25. The molecule has 2 aromatic heterocycles. The van der Waals surface area contributed by atoms with Gasteiger partial charge in [0.2, 0.25) is 5.91 Å². The molecule has 130 valence electrons. The molecule has 1 N–H and O–H groups in total. The topological polar surface area (TPSA) is 73.5 Å². The lowest BCUT2D eigenvalue weighted by molar-refractivity contribution is -0.121. The van der Waals surface area contributed by atoms with Gasteiger partial charge in [0.05, 0.1) is 12.6 Å². The summed E-state index contributed by atoms with van der Waals surface area (Å²) in [6.07, 6.45) is 0.752. The largest absolute Gasteiger partial charge is 0.464 e. The number of furan rings is 1. The van der Waals surface area contributed by atoms with Gasteiger partial charge in [-0.1, -0.05) is 30.3 Å². The van der Waals surface area contributed by atoms with Gasteiger partial charge < -0.3 is 19.0 Å². The number of nitrogens with one attached hydrogen (secondary N) is 1. The number of amides is 1. The van der Waals surface area contributed by atoms with Gasteiger partial charge >= 0.3 is 5.97 Å². The zero-order valence-electron chi connectivity index (χ0n) is 14.2. The zero-order valence-corrected chi connectivity index (χ0v) is 14.2. The van der Waals surface area contributed by atoms with Crippen LogP contribution in [0, 0.1) is 6.92 Å². The monoisotopic (exact) mass is 340 g/mol. The number of hydrogen-bond donors (Lipinski definition) is 1. The molecule has 25 heavy (non-hydrogen) atoms. The number of fused-ring (bicyclic) bond motifs is 1. The van der Waals surface area contributed by atoms with Crippen molar-refractivity contribution in [2.45, 2.75) is 19.9 Å². The van der Waals surface area contributed by atoms with E-state index in [2.05, 4.69) is 5.32 Å². The van der Waals surface area contributed by atoms with Gasteiger partial charge in [0, 0.05) is 18.7 Å². The molecule has 0 spiro atoms. The first-order chi connectivity index (χ1) is 12.1. The summed E-state index contributed by atoms with van der Waals surface area (Å²) in [4.78, 5) is 24.3. The van der Waals surface area contributed by atoms with Gasteiger partial charge in [-0.3, -0.25) is 4.79 Å². The van der Waals surface area contributed by atoms with Crippen LogP contribution in [0.25, 0.3) is 11.1 Å². The van der Waals surface area contributed by atoms with Crippen molar-refractivity contribution in [2.24, 2.45) is 0 Å². The molecule has 3 rings (SSSR count). The number of hydrogen-bond acceptors (Lipinski definition) is 4. The van der Waals surface area contributed by atoms with E-state index in [0.717, 1.165) is 17.7 Å². The predicted octanol–water partition coefficient (Wildman–Crippen LogP) is 2.69. The maximum atomic E-state index is 12.3. The number of rotatable bonds is 6. The molecule has 0 saturated carbocycles. The third kappa shape index (κ3) is 3.74. The van der Waals surface area contributed by atoms with E-state index < -0.39 is 5.97 Å². The number of aryl methyl sites for hydroxylation is 1. The van der Waals surface area contributed by atoms with E-state index in [1.165, 1.54) is 7.11 Å². The van der Waals surface area contributed by atoms with Gasteiger partial charge in [-0.05, 0) is 18.9 Å². The van der Waals surface area contributed by atoms with E-state index in [0.29, 0.717) is 23.3 Å². The Labute approximate surface area is 145 Å². The normalized spacial score (nSPS) is 10.8. The standard InChI is InChI=1S/C19H20N2O4/c1-13-10-15-17(25-13)11-16(19(23)24-2)21(15)12-18(22)20-9-8-14-6-4-3-5-7-14/h3-7,10-11H,8-9,12H2,1-2H3,(H,20,22). The van der Waals surface area contributed by atoms with Crippen LogP contribution in [0.1, 0.15) is 21.8 Å². The van der Waals surface area contributed by atoms with Gasteiger partial charge in [-0.25, -0.2) is 4.79 Å². The van der Waals surface area contributed by atoms with Gasteiger partial charge in [-0.2, -0.15) is 0 Å². The molecule has 3 aromatic rings. The fourth-order valence-electron chi connectivity index (χ4n) is 2.80. The first kappa shape index (κ1) is 16.8. The molecule has 1 amide bonds. The van der Waals surface area contributed by atoms with Crippen LogP contribution in [0.3, 0.4) is 0 Å². The Kier molecular flexibility index (Phi) is 4.88. The molecule has 0 saturated heterocycles. The molecule has 0 unspecified atom stereocenters. The number of aromatic nitrogens is 1. The molecule has 6 nitrogen and oxygen atoms in total. The molecule has 0 aliphatic rings. The highest BCUT2D eigenvalue weighted by Gasteiger charge is 2.20. The first-order valence-electron chi connectivity index (χ1n) is 8.07. The molecule has 0 atom stereocenters. The van der Waals surface area contributed by atoms with Gasteiger partial charge in [0.25, 0.3) is 0 Å². The average Bonchev–Trinajstić information content (AvgIpc) is 3.12. The third-order valence-corrected chi connectivity index (χ3v) is 3.99. The zero-order chi connectivity index (χ0) is 17.8. The predicted molar refractivity (Wildman–Crippen MR) is 93.4 cm³/mol. The highest BCUT2D eigenvalue weighted by molar-refractivity contribution is 5.95. The van der Waals surface area contributed by atoms with Gasteiger partial charge in [0.1, 0.15) is 18.0 Å². The Balaban J connectivity index is 1.70. The molecule has 2 heterocycles. The Bertz CT molecular complexity index is 893. The molecule has 0 aliphatic carbocycles. The minimum Gasteiger partial charge on any atom is -0.464 e. The van der Waals surface area contributed by atoms with Crippen molar-refractivity contribution < 1.29 is 18.7 Å². The maximum Gasteiger partial charge on any atom is 0.354 e. The van der Waals surface area contributed by atoms with E-state index in [4.69, 9.17) is 9.15 Å². The molecular formula is C19H20N2O4. The number of esters is 1. The minimum absolute atomic E-state index is 0.0295. The molecule has 0 radical (unpaired) electrons. The summed E-state index contributed by atoms with van der Waals surface area (Å²) in [6.45, 7) is 2.38. The number of carbonyl (C=O) groups is 2. The van der Waals surface area contributed by atoms with Crippen LogP contribution in [0.2, 0.25) is 0 Å². The second-order valence-electron chi connectivity index (χ2n) is 5.80. The molecule has 0 aliphatic heterocycles. The first-order valence-corrected chi connectivity index (χ1v) is 8.07. The van der Waals surface area contributed by atoms with Crippen LogP contribution in [0.4, 0.5) is 0 Å². The van der Waals surface area contributed by atoms with Crippen LogP contribution in [0.15, 0.2) is 46.9 Å². The summed E-state index contributed by atoms with van der Waals surface area (Å²) in [7, 11) is 1.31. The van der Waals surface area contributed by atoms with Crippen molar-refractivity contribution >= 4 is 23.0 Å². The molecule has 1 aromatic carbocycles. The van der Waals surface area contributed by atoms with E-state index in [-0.39, 0.29) is 12.5 Å². The summed E-state index contributed by atoms with van der Waals surface area (Å²) in [6, 6.07) is 13.3. The Morgan fingerprint density at radius 2 is 1.96 bits per heavy atom. The van der Waals surface area contributed by atoms with Crippen molar-refractivity contribution in [3.63, 3.8) is 0 Å². The number of nitrogens with zero attached hydrogens (tertiary/aromatic N) is 1. The fraction of sp³-hybridized carbons (Fsp3) is 0.263. The molecule has 0 bridgehead atoms. The van der Waals surface area contributed by atoms with Crippen molar-refractivity contribution in [1.82, 2.24) is 9.88 Å². The summed E-state index contributed by atoms with van der Waals surface area (Å²) in [5, 5.41) is 2.88. The van der Waals surface area contributed by atoms with Gasteiger partial charge in [-0.15, -0.1) is 0 Å². The number of carbonyl (C=O) groups excluding carboxylic acids is 2. The van der Waals surface area contributed by atoms with Crippen molar-refractivity contribution in [2.75, 3.05) is 13.7 Å². The van der Waals surface area contributed by atoms with Crippen LogP contribution >= 0.6 is 0 Å². The van der Waals surface area contributed by atoms with E-state index >= 15 is 0 Å². The van der Waals surface area contributed by atoms with Crippen molar-refractivity contribution in [3.05, 3.63) is 59.5 Å². The summed E-state index contributed by atoms with van der Waals surface area (Å²) in [5.41, 5.74) is 2.73. The second-order valence-corrected chi connectivity index (χ2v) is 5.80. The van der Waals surface area contributed by atoms with Crippen LogP contribution in [0.5, 0.6) is 0 Å². The van der Waals surface area contributed by atoms with Crippen molar-refractivity contribution in [3.8, 4) is 0 Å². The molecule has 6 heteroatoms. The van der Waals surface area contributed by atoms with Crippen LogP contribution in [-0.4, -0.2) is 30.1 Å². The number of methoxy groups -OCH3 is 1. The van der Waals surface area contributed by atoms with Gasteiger partial charge in [0.15, 0.2) is 5.58 Å². The number of ether oxygens (including phenoxy) is 1. The smallest absolute Gasteiger partial charge is 0.354 e. The third-order valence-electron chi connectivity index (χ3n) is 3.99. The average molecular weight is 340 g/mol. The lowest BCUT2D eigenvalue weighted by Gasteiger charge is -2.09. The van der Waals surface area contributed by atoms with Crippen molar-refractivity contribution in [1.29, 1.82) is 0 Å². The highest BCUT2D eigenvalue weighted by Crippen LogP contribution is 2.24. The van der Waals surface area contributed by atoms with E-state index in [1.54, 1.807) is 16.7 Å². The van der Waals surface area contributed by atoms with Crippen LogP contribution in [-0.2, 0) is 22.5 Å². The Morgan fingerprint density at radius 3 is 2.68 bits per heavy atom.